The van der Waals surface area contributed by atoms with Gasteiger partial charge >= 0.3 is 6.03 Å². The van der Waals surface area contributed by atoms with Gasteiger partial charge in [-0.3, -0.25) is 15.1 Å². The number of ether oxygens (including phenoxy) is 2. The monoisotopic (exact) mass is 463 g/mol. The minimum Gasteiger partial charge on any atom is -0.496 e. The van der Waals surface area contributed by atoms with Gasteiger partial charge in [-0.1, -0.05) is 0 Å². The number of rotatable bonds is 6. The number of nitrogens with one attached hydrogen (secondary N) is 2. The van der Waals surface area contributed by atoms with Gasteiger partial charge in [0.2, 0.25) is 0 Å². The van der Waals surface area contributed by atoms with Gasteiger partial charge in [0, 0.05) is 49.0 Å². The molecule has 0 saturated heterocycles. The molecule has 9 nitrogen and oxygen atoms in total. The lowest BCUT2D eigenvalue weighted by molar-refractivity contribution is 0.0824. The Morgan fingerprint density at radius 1 is 0.970 bits per heavy atom. The molecule has 4 rings (SSSR count). The van der Waals surface area contributed by atoms with E-state index in [0.29, 0.717) is 44.5 Å². The molecular formula is C23H21N5O4S. The summed E-state index contributed by atoms with van der Waals surface area (Å²) in [4.78, 5) is 34.5. The molecule has 168 valence electrons. The molecule has 3 amide bonds. The molecule has 0 bridgehead atoms. The number of thiazole rings is 1. The summed E-state index contributed by atoms with van der Waals surface area (Å²) in [5.74, 6) is 1.36. The molecule has 2 N–H and O–H groups in total. The fourth-order valence-corrected chi connectivity index (χ4v) is 3.62. The molecule has 0 saturated carbocycles. The van der Waals surface area contributed by atoms with Crippen LogP contribution in [0.1, 0.15) is 10.4 Å². The molecule has 0 aliphatic carbocycles. The van der Waals surface area contributed by atoms with Crippen molar-refractivity contribution in [2.45, 2.75) is 0 Å². The largest absolute Gasteiger partial charge is 0.496 e. The molecule has 0 spiro atoms. The highest BCUT2D eigenvalue weighted by atomic mass is 32.1. The molecule has 10 heteroatoms. The molecule has 0 radical (unpaired) electrons. The van der Waals surface area contributed by atoms with Crippen molar-refractivity contribution in [2.75, 3.05) is 31.8 Å². The Balaban J connectivity index is 1.55. The summed E-state index contributed by atoms with van der Waals surface area (Å²) >= 11 is 1.33. The number of pyridine rings is 1. The Bertz CT molecular complexity index is 1290. The molecule has 33 heavy (non-hydrogen) atoms. The molecule has 0 aliphatic rings. The first-order valence-electron chi connectivity index (χ1n) is 9.88. The minimum atomic E-state index is -0.384. The number of hydrogen-bond acceptors (Lipinski definition) is 7. The lowest BCUT2D eigenvalue weighted by atomic mass is 10.1. The maximum atomic E-state index is 12.6. The number of nitrogens with zero attached hydrogens (tertiary/aromatic N) is 3. The topological polar surface area (TPSA) is 106 Å². The zero-order valence-corrected chi connectivity index (χ0v) is 19.0. The van der Waals surface area contributed by atoms with E-state index in [9.17, 15) is 9.59 Å². The van der Waals surface area contributed by atoms with Crippen molar-refractivity contribution in [3.05, 3.63) is 65.8 Å². The fourth-order valence-electron chi connectivity index (χ4n) is 3.09. The predicted octanol–water partition coefficient (Wildman–Crippen LogP) is 4.84. The number of anilines is 2. The molecule has 2 aromatic carbocycles. The second-order valence-corrected chi connectivity index (χ2v) is 8.02. The van der Waals surface area contributed by atoms with Crippen LogP contribution in [-0.2, 0) is 0 Å². The third-order valence-electron chi connectivity index (χ3n) is 4.65. The van der Waals surface area contributed by atoms with E-state index >= 15 is 0 Å². The van der Waals surface area contributed by atoms with Crippen molar-refractivity contribution < 1.29 is 19.1 Å². The van der Waals surface area contributed by atoms with Gasteiger partial charge in [-0.15, -0.1) is 11.3 Å². The first kappa shape index (κ1) is 22.0. The van der Waals surface area contributed by atoms with Crippen LogP contribution < -0.4 is 20.1 Å². The van der Waals surface area contributed by atoms with Crippen molar-refractivity contribution in [3.63, 3.8) is 0 Å². The number of aromatic nitrogens is 2. The molecule has 4 aromatic rings. The highest BCUT2D eigenvalue weighted by Gasteiger charge is 2.18. The number of fused-ring (bicyclic) bond motifs is 1. The van der Waals surface area contributed by atoms with E-state index in [0.717, 1.165) is 0 Å². The zero-order valence-electron chi connectivity index (χ0n) is 18.2. The number of benzene rings is 2. The summed E-state index contributed by atoms with van der Waals surface area (Å²) in [7, 11) is 4.87. The molecule has 2 aromatic heterocycles. The van der Waals surface area contributed by atoms with Crippen LogP contribution in [0.15, 0.2) is 60.2 Å². The van der Waals surface area contributed by atoms with Crippen LogP contribution >= 0.6 is 11.3 Å². The number of urea groups is 1. The second kappa shape index (κ2) is 9.53. The van der Waals surface area contributed by atoms with Crippen molar-refractivity contribution >= 4 is 45.0 Å². The number of methoxy groups -OCH3 is 1. The van der Waals surface area contributed by atoms with Gasteiger partial charge in [-0.2, -0.15) is 0 Å². The standard InChI is InChI=1S/C23H21N5O4S/c1-28(2)21(29)17-12-16-18(13-20(17)31-3)24-9-8-19(16)32-15-6-4-14(5-7-15)26-22(30)27-23-25-10-11-33-23/h4-13H,1-3H3,(H2,25,26,27,30). The van der Waals surface area contributed by atoms with Crippen molar-refractivity contribution in [1.29, 1.82) is 0 Å². The third-order valence-corrected chi connectivity index (χ3v) is 5.34. The lowest BCUT2D eigenvalue weighted by Gasteiger charge is -2.15. The van der Waals surface area contributed by atoms with E-state index in [1.54, 1.807) is 74.3 Å². The first-order chi connectivity index (χ1) is 15.9. The van der Waals surface area contributed by atoms with Gasteiger partial charge in [0.05, 0.1) is 18.2 Å². The zero-order chi connectivity index (χ0) is 23.4. The van der Waals surface area contributed by atoms with E-state index in [1.165, 1.54) is 23.3 Å². The third kappa shape index (κ3) is 5.01. The second-order valence-electron chi connectivity index (χ2n) is 7.12. The number of carbonyl (C=O) groups is 2. The van der Waals surface area contributed by atoms with Crippen molar-refractivity contribution in [2.24, 2.45) is 0 Å². The quantitative estimate of drug-likeness (QED) is 0.424. The van der Waals surface area contributed by atoms with Crippen LogP contribution in [0.2, 0.25) is 0 Å². The van der Waals surface area contributed by atoms with E-state index in [2.05, 4.69) is 20.6 Å². The molecule has 0 aliphatic heterocycles. The van der Waals surface area contributed by atoms with Crippen LogP contribution in [0.3, 0.4) is 0 Å². The van der Waals surface area contributed by atoms with Crippen LogP contribution in [0.4, 0.5) is 15.6 Å². The van der Waals surface area contributed by atoms with E-state index in [1.807, 2.05) is 0 Å². The fraction of sp³-hybridized carbons (Fsp3) is 0.130. The van der Waals surface area contributed by atoms with E-state index in [4.69, 9.17) is 9.47 Å². The summed E-state index contributed by atoms with van der Waals surface area (Å²) < 4.78 is 11.5. The normalized spacial score (nSPS) is 10.5. The van der Waals surface area contributed by atoms with Gasteiger partial charge in [0.1, 0.15) is 17.2 Å². The van der Waals surface area contributed by atoms with Gasteiger partial charge in [-0.05, 0) is 36.4 Å². The molecule has 0 atom stereocenters. The number of hydrogen-bond donors (Lipinski definition) is 2. The van der Waals surface area contributed by atoms with Crippen molar-refractivity contribution in [3.8, 4) is 17.2 Å². The highest BCUT2D eigenvalue weighted by Crippen LogP contribution is 2.34. The van der Waals surface area contributed by atoms with Gasteiger partial charge < -0.3 is 19.7 Å². The Kier molecular flexibility index (Phi) is 6.36. The van der Waals surface area contributed by atoms with Crippen molar-refractivity contribution in [1.82, 2.24) is 14.9 Å². The Morgan fingerprint density at radius 2 is 1.76 bits per heavy atom. The van der Waals surface area contributed by atoms with Crippen LogP contribution in [0.5, 0.6) is 17.2 Å². The Hall–Kier alpha value is -4.18. The summed E-state index contributed by atoms with van der Waals surface area (Å²) in [6, 6.07) is 11.7. The average Bonchev–Trinajstić information content (AvgIpc) is 3.32. The molecule has 0 fully saturated rings. The number of amides is 3. The summed E-state index contributed by atoms with van der Waals surface area (Å²) in [5.41, 5.74) is 1.65. The van der Waals surface area contributed by atoms with Gasteiger partial charge in [0.15, 0.2) is 5.13 Å². The van der Waals surface area contributed by atoms with Gasteiger partial charge in [-0.25, -0.2) is 9.78 Å². The van der Waals surface area contributed by atoms with E-state index < -0.39 is 0 Å². The molecular weight excluding hydrogens is 442 g/mol. The maximum absolute atomic E-state index is 12.6. The predicted molar refractivity (Wildman–Crippen MR) is 128 cm³/mol. The van der Waals surface area contributed by atoms with Crippen LogP contribution in [0, 0.1) is 0 Å². The molecule has 0 unspecified atom stereocenters. The molecule has 2 heterocycles. The van der Waals surface area contributed by atoms with Crippen LogP contribution in [0.25, 0.3) is 10.9 Å². The smallest absolute Gasteiger partial charge is 0.325 e. The number of carbonyl (C=O) groups excluding carboxylic acids is 2. The van der Waals surface area contributed by atoms with E-state index in [-0.39, 0.29) is 11.9 Å². The maximum Gasteiger partial charge on any atom is 0.325 e. The average molecular weight is 464 g/mol. The van der Waals surface area contributed by atoms with Gasteiger partial charge in [0.25, 0.3) is 5.91 Å². The summed E-state index contributed by atoms with van der Waals surface area (Å²) in [5, 5.41) is 8.36. The Labute approximate surface area is 194 Å². The Morgan fingerprint density at radius 3 is 2.42 bits per heavy atom. The summed E-state index contributed by atoms with van der Waals surface area (Å²) in [6.07, 6.45) is 3.24. The van der Waals surface area contributed by atoms with Crippen LogP contribution in [-0.4, -0.2) is 48.0 Å². The minimum absolute atomic E-state index is 0.185. The first-order valence-corrected chi connectivity index (χ1v) is 10.8. The highest BCUT2D eigenvalue weighted by molar-refractivity contribution is 7.13. The summed E-state index contributed by atoms with van der Waals surface area (Å²) in [6.45, 7) is 0. The SMILES string of the molecule is COc1cc2nccc(Oc3ccc(NC(=O)Nc4nccs4)cc3)c2cc1C(=O)N(C)C. The lowest BCUT2D eigenvalue weighted by Crippen LogP contribution is -2.22.